The molecule has 0 radical (unpaired) electrons. The van der Waals surface area contributed by atoms with Crippen LogP contribution in [0.15, 0.2) is 18.2 Å². The molecule has 1 rings (SSSR count). The first kappa shape index (κ1) is 20.6. The maximum atomic E-state index is 5.25. The molecule has 6 heteroatoms. The minimum absolute atomic E-state index is 0.0924. The second kappa shape index (κ2) is 9.79. The molecule has 0 aliphatic heterocycles. The Morgan fingerprint density at radius 3 is 1.54 bits per heavy atom. The van der Waals surface area contributed by atoms with E-state index in [9.17, 15) is 0 Å². The molecule has 4 nitrogen and oxygen atoms in total. The number of benzene rings is 1. The van der Waals surface area contributed by atoms with Gasteiger partial charge in [0.25, 0.3) is 0 Å². The fourth-order valence-electron chi connectivity index (χ4n) is 2.21. The Kier molecular flexibility index (Phi) is 8.42. The highest BCUT2D eigenvalue weighted by Gasteiger charge is 2.15. The standard InChI is InChI=1S/C18H30N4S2/c1-6-19-16(23)21-11-13-8-14(12-22-17(24)20-7-2)10-15(9-13)18(3,4)5/h8-10H,6-7,11-12H2,1-5H3,(H2,19,21,23)(H2,20,22,24). The Hall–Kier alpha value is -1.40. The first-order valence-corrected chi connectivity index (χ1v) is 9.24. The molecule has 0 aliphatic rings. The van der Waals surface area contributed by atoms with E-state index in [4.69, 9.17) is 24.4 Å². The summed E-state index contributed by atoms with van der Waals surface area (Å²) in [6.45, 7) is 13.8. The summed E-state index contributed by atoms with van der Waals surface area (Å²) < 4.78 is 0. The van der Waals surface area contributed by atoms with Gasteiger partial charge in [-0.3, -0.25) is 0 Å². The minimum Gasteiger partial charge on any atom is -0.363 e. The van der Waals surface area contributed by atoms with Gasteiger partial charge in [-0.15, -0.1) is 0 Å². The molecule has 0 unspecified atom stereocenters. The van der Waals surface area contributed by atoms with Crippen molar-refractivity contribution in [3.05, 3.63) is 34.9 Å². The summed E-state index contributed by atoms with van der Waals surface area (Å²) in [6.07, 6.45) is 0. The predicted molar refractivity (Wildman–Crippen MR) is 111 cm³/mol. The van der Waals surface area contributed by atoms with Gasteiger partial charge in [0.05, 0.1) is 0 Å². The molecule has 0 saturated carbocycles. The normalized spacial score (nSPS) is 10.9. The monoisotopic (exact) mass is 366 g/mol. The fourth-order valence-corrected chi connectivity index (χ4v) is 2.64. The molecule has 0 amide bonds. The van der Waals surface area contributed by atoms with Gasteiger partial charge < -0.3 is 21.3 Å². The maximum absolute atomic E-state index is 5.25. The number of rotatable bonds is 6. The zero-order chi connectivity index (χ0) is 18.2. The van der Waals surface area contributed by atoms with E-state index in [2.05, 4.69) is 60.2 Å². The van der Waals surface area contributed by atoms with Crippen molar-refractivity contribution >= 4 is 34.7 Å². The molecule has 0 bridgehead atoms. The fraction of sp³-hybridized carbons (Fsp3) is 0.556. The van der Waals surface area contributed by atoms with Crippen molar-refractivity contribution in [3.8, 4) is 0 Å². The van der Waals surface area contributed by atoms with Gasteiger partial charge in [0.2, 0.25) is 0 Å². The van der Waals surface area contributed by atoms with Gasteiger partial charge in [-0.05, 0) is 60.4 Å². The first-order chi connectivity index (χ1) is 11.3. The van der Waals surface area contributed by atoms with E-state index in [-0.39, 0.29) is 5.41 Å². The lowest BCUT2D eigenvalue weighted by Crippen LogP contribution is -2.35. The van der Waals surface area contributed by atoms with Gasteiger partial charge >= 0.3 is 0 Å². The Bertz CT molecular complexity index is 524. The molecule has 134 valence electrons. The summed E-state index contributed by atoms with van der Waals surface area (Å²) in [5.74, 6) is 0. The van der Waals surface area contributed by atoms with Crippen molar-refractivity contribution in [1.82, 2.24) is 21.3 Å². The van der Waals surface area contributed by atoms with Crippen LogP contribution in [-0.2, 0) is 18.5 Å². The van der Waals surface area contributed by atoms with Crippen molar-refractivity contribution in [2.24, 2.45) is 0 Å². The number of thiocarbonyl (C=S) groups is 2. The zero-order valence-corrected chi connectivity index (χ0v) is 17.0. The van der Waals surface area contributed by atoms with E-state index in [1.807, 2.05) is 13.8 Å². The molecule has 0 aromatic heterocycles. The average molecular weight is 367 g/mol. The van der Waals surface area contributed by atoms with E-state index >= 15 is 0 Å². The average Bonchev–Trinajstić information content (AvgIpc) is 2.50. The minimum atomic E-state index is 0.0924. The molecule has 0 heterocycles. The van der Waals surface area contributed by atoms with Crippen LogP contribution in [0, 0.1) is 0 Å². The van der Waals surface area contributed by atoms with E-state index in [0.29, 0.717) is 23.3 Å². The maximum Gasteiger partial charge on any atom is 0.166 e. The van der Waals surface area contributed by atoms with Crippen LogP contribution in [0.25, 0.3) is 0 Å². The third-order valence-electron chi connectivity index (χ3n) is 3.50. The summed E-state index contributed by atoms with van der Waals surface area (Å²) in [7, 11) is 0. The highest BCUT2D eigenvalue weighted by Crippen LogP contribution is 2.24. The zero-order valence-electron chi connectivity index (χ0n) is 15.4. The highest BCUT2D eigenvalue weighted by molar-refractivity contribution is 7.80. The largest absolute Gasteiger partial charge is 0.363 e. The molecular weight excluding hydrogens is 336 g/mol. The molecule has 24 heavy (non-hydrogen) atoms. The van der Waals surface area contributed by atoms with Crippen molar-refractivity contribution in [2.75, 3.05) is 13.1 Å². The molecule has 1 aromatic rings. The van der Waals surface area contributed by atoms with Gasteiger partial charge in [-0.2, -0.15) is 0 Å². The molecular formula is C18H30N4S2. The predicted octanol–water partition coefficient (Wildman–Crippen LogP) is 2.95. The lowest BCUT2D eigenvalue weighted by atomic mass is 9.85. The summed E-state index contributed by atoms with van der Waals surface area (Å²) in [5, 5.41) is 14.1. The lowest BCUT2D eigenvalue weighted by Gasteiger charge is -2.22. The van der Waals surface area contributed by atoms with Crippen molar-refractivity contribution in [1.29, 1.82) is 0 Å². The summed E-state index contributed by atoms with van der Waals surface area (Å²) >= 11 is 10.5. The van der Waals surface area contributed by atoms with Crippen LogP contribution >= 0.6 is 24.4 Å². The van der Waals surface area contributed by atoms with Gasteiger partial charge in [0.15, 0.2) is 10.2 Å². The van der Waals surface area contributed by atoms with Crippen LogP contribution < -0.4 is 21.3 Å². The van der Waals surface area contributed by atoms with Gasteiger partial charge in [-0.25, -0.2) is 0 Å². The van der Waals surface area contributed by atoms with E-state index in [1.165, 1.54) is 16.7 Å². The van der Waals surface area contributed by atoms with Crippen LogP contribution in [0.1, 0.15) is 51.3 Å². The Labute approximate surface area is 157 Å². The van der Waals surface area contributed by atoms with Crippen LogP contribution in [0.2, 0.25) is 0 Å². The molecule has 0 aliphatic carbocycles. The number of hydrogen-bond donors (Lipinski definition) is 4. The van der Waals surface area contributed by atoms with Crippen molar-refractivity contribution in [3.63, 3.8) is 0 Å². The summed E-state index contributed by atoms with van der Waals surface area (Å²) in [6, 6.07) is 6.68. The summed E-state index contributed by atoms with van der Waals surface area (Å²) in [5.41, 5.74) is 3.83. The van der Waals surface area contributed by atoms with Crippen LogP contribution in [-0.4, -0.2) is 23.3 Å². The summed E-state index contributed by atoms with van der Waals surface area (Å²) in [4.78, 5) is 0. The molecule has 4 N–H and O–H groups in total. The molecule has 0 spiro atoms. The quantitative estimate of drug-likeness (QED) is 0.581. The second-order valence-corrected chi connectivity index (χ2v) is 7.53. The molecule has 0 saturated heterocycles. The van der Waals surface area contributed by atoms with E-state index in [1.54, 1.807) is 0 Å². The van der Waals surface area contributed by atoms with Crippen LogP contribution in [0.3, 0.4) is 0 Å². The smallest absolute Gasteiger partial charge is 0.166 e. The third kappa shape index (κ3) is 7.45. The van der Waals surface area contributed by atoms with E-state index < -0.39 is 0 Å². The van der Waals surface area contributed by atoms with Gasteiger partial charge in [0, 0.05) is 26.2 Å². The second-order valence-electron chi connectivity index (χ2n) is 6.71. The van der Waals surface area contributed by atoms with Gasteiger partial charge in [-0.1, -0.05) is 39.0 Å². The van der Waals surface area contributed by atoms with Crippen molar-refractivity contribution < 1.29 is 0 Å². The first-order valence-electron chi connectivity index (χ1n) is 8.43. The third-order valence-corrected chi connectivity index (χ3v) is 4.08. The Morgan fingerprint density at radius 1 is 0.792 bits per heavy atom. The van der Waals surface area contributed by atoms with Crippen LogP contribution in [0.4, 0.5) is 0 Å². The van der Waals surface area contributed by atoms with Gasteiger partial charge in [0.1, 0.15) is 0 Å². The van der Waals surface area contributed by atoms with E-state index in [0.717, 1.165) is 13.1 Å². The van der Waals surface area contributed by atoms with Crippen LogP contribution in [0.5, 0.6) is 0 Å². The van der Waals surface area contributed by atoms with Crippen molar-refractivity contribution in [2.45, 2.75) is 53.1 Å². The number of nitrogens with one attached hydrogen (secondary N) is 4. The topological polar surface area (TPSA) is 48.1 Å². The molecule has 0 fully saturated rings. The Morgan fingerprint density at radius 2 is 1.21 bits per heavy atom. The lowest BCUT2D eigenvalue weighted by molar-refractivity contribution is 0.587. The molecule has 0 atom stereocenters. The highest BCUT2D eigenvalue weighted by atomic mass is 32.1. The number of hydrogen-bond acceptors (Lipinski definition) is 2. The Balaban J connectivity index is 2.88. The molecule has 1 aromatic carbocycles. The SMILES string of the molecule is CCNC(=S)NCc1cc(CNC(=S)NCC)cc(C(C)(C)C)c1.